The minimum absolute atomic E-state index is 0.0351. The van der Waals surface area contributed by atoms with Crippen LogP contribution in [-0.4, -0.2) is 48.3 Å². The molecule has 1 amide bonds. The maximum absolute atomic E-state index is 12.8. The van der Waals surface area contributed by atoms with Gasteiger partial charge in [0.25, 0.3) is 5.91 Å². The molecule has 29 heavy (non-hydrogen) atoms. The molecule has 158 valence electrons. The number of benzene rings is 1. The van der Waals surface area contributed by atoms with E-state index in [0.717, 1.165) is 25.7 Å². The zero-order chi connectivity index (χ0) is 20.4. The lowest BCUT2D eigenvalue weighted by Crippen LogP contribution is -2.35. The summed E-state index contributed by atoms with van der Waals surface area (Å²) >= 11 is 7.76. The third kappa shape index (κ3) is 5.27. The number of amides is 1. The molecule has 1 saturated carbocycles. The zero-order valence-corrected chi connectivity index (χ0v) is 18.6. The van der Waals surface area contributed by atoms with Crippen LogP contribution in [0.15, 0.2) is 23.2 Å². The van der Waals surface area contributed by atoms with Gasteiger partial charge >= 0.3 is 0 Å². The molecule has 1 saturated heterocycles. The highest BCUT2D eigenvalue weighted by Crippen LogP contribution is 2.35. The highest BCUT2D eigenvalue weighted by atomic mass is 35.5. The van der Waals surface area contributed by atoms with Crippen molar-refractivity contribution < 1.29 is 13.2 Å². The Balaban J connectivity index is 1.42. The number of amidine groups is 1. The van der Waals surface area contributed by atoms with Crippen LogP contribution in [0.5, 0.6) is 0 Å². The lowest BCUT2D eigenvalue weighted by atomic mass is 9.96. The van der Waals surface area contributed by atoms with Gasteiger partial charge in [-0.2, -0.15) is 0 Å². The Morgan fingerprint density at radius 1 is 1.10 bits per heavy atom. The van der Waals surface area contributed by atoms with Crippen molar-refractivity contribution in [3.63, 3.8) is 0 Å². The van der Waals surface area contributed by atoms with Crippen LogP contribution in [0.4, 0.5) is 5.69 Å². The van der Waals surface area contributed by atoms with Gasteiger partial charge in [-0.1, -0.05) is 55.5 Å². The molecule has 2 aliphatic heterocycles. The fraction of sp³-hybridized carbons (Fsp3) is 0.600. The van der Waals surface area contributed by atoms with Gasteiger partial charge in [0.2, 0.25) is 0 Å². The molecule has 4 rings (SSSR count). The molecule has 6 nitrogen and oxygen atoms in total. The molecule has 1 aromatic rings. The van der Waals surface area contributed by atoms with Gasteiger partial charge in [-0.05, 0) is 31.0 Å². The summed E-state index contributed by atoms with van der Waals surface area (Å²) in [5.74, 6) is 0.182. The number of halogens is 1. The van der Waals surface area contributed by atoms with E-state index < -0.39 is 9.84 Å². The van der Waals surface area contributed by atoms with Crippen molar-refractivity contribution in [3.8, 4) is 0 Å². The van der Waals surface area contributed by atoms with E-state index in [0.29, 0.717) is 21.4 Å². The number of aliphatic imine (C=N–C) groups is 1. The number of thioether (sulfide) groups is 1. The van der Waals surface area contributed by atoms with Gasteiger partial charge in [-0.3, -0.25) is 9.79 Å². The van der Waals surface area contributed by atoms with E-state index in [-0.39, 0.29) is 34.7 Å². The van der Waals surface area contributed by atoms with E-state index in [1.807, 2.05) is 0 Å². The number of carbonyl (C=O) groups is 1. The van der Waals surface area contributed by atoms with E-state index in [1.165, 1.54) is 31.0 Å². The van der Waals surface area contributed by atoms with Crippen LogP contribution in [-0.2, 0) is 9.84 Å². The topological polar surface area (TPSA) is 87.6 Å². The third-order valence-corrected chi connectivity index (χ3v) is 9.20. The summed E-state index contributed by atoms with van der Waals surface area (Å²) in [6.07, 6.45) is 8.16. The van der Waals surface area contributed by atoms with Crippen molar-refractivity contribution in [1.29, 1.82) is 0 Å². The van der Waals surface area contributed by atoms with Crippen LogP contribution in [0.25, 0.3) is 0 Å². The molecule has 3 aliphatic rings. The molecule has 2 heterocycles. The molecule has 2 atom stereocenters. The number of carbonyl (C=O) groups excluding carboxylic acids is 1. The number of rotatable bonds is 3. The quantitative estimate of drug-likeness (QED) is 0.722. The predicted molar refractivity (Wildman–Crippen MR) is 120 cm³/mol. The van der Waals surface area contributed by atoms with E-state index in [2.05, 4.69) is 15.6 Å². The maximum Gasteiger partial charge on any atom is 0.251 e. The molecule has 0 radical (unpaired) electrons. The van der Waals surface area contributed by atoms with E-state index in [1.54, 1.807) is 18.2 Å². The lowest BCUT2D eigenvalue weighted by molar-refractivity contribution is 0.0930. The van der Waals surface area contributed by atoms with E-state index >= 15 is 0 Å². The monoisotopic (exact) mass is 455 g/mol. The summed E-state index contributed by atoms with van der Waals surface area (Å²) in [5, 5.41) is 7.49. The minimum Gasteiger partial charge on any atom is -0.349 e. The second-order valence-corrected chi connectivity index (χ2v) is 11.9. The summed E-state index contributed by atoms with van der Waals surface area (Å²) in [4.78, 5) is 17.3. The van der Waals surface area contributed by atoms with Crippen molar-refractivity contribution in [2.45, 2.75) is 62.3 Å². The van der Waals surface area contributed by atoms with Gasteiger partial charge in [0, 0.05) is 16.9 Å². The molecule has 0 aromatic heterocycles. The van der Waals surface area contributed by atoms with Crippen molar-refractivity contribution in [1.82, 2.24) is 5.32 Å². The number of nitrogens with one attached hydrogen (secondary N) is 2. The molecule has 2 fully saturated rings. The third-order valence-electron chi connectivity index (χ3n) is 5.73. The van der Waals surface area contributed by atoms with Gasteiger partial charge in [0.05, 0.1) is 28.3 Å². The largest absolute Gasteiger partial charge is 0.349 e. The fourth-order valence-corrected chi connectivity index (χ4v) is 8.00. The van der Waals surface area contributed by atoms with Crippen molar-refractivity contribution >= 4 is 50.0 Å². The number of sulfone groups is 1. The SMILES string of the molecule is O=C(NC1CCCCCCC1)c1ccc(Cl)c(NC2=NC3CS(=O)(=O)CC3S2)c1. The Hall–Kier alpha value is -1.25. The van der Waals surface area contributed by atoms with Crippen molar-refractivity contribution in [2.24, 2.45) is 4.99 Å². The molecule has 0 spiro atoms. The van der Waals surface area contributed by atoms with Gasteiger partial charge in [-0.15, -0.1) is 0 Å². The predicted octanol–water partition coefficient (Wildman–Crippen LogP) is 3.86. The maximum atomic E-state index is 12.8. The number of anilines is 1. The molecular weight excluding hydrogens is 430 g/mol. The first kappa shape index (κ1) is 21.0. The van der Waals surface area contributed by atoms with Gasteiger partial charge in [0.15, 0.2) is 15.0 Å². The normalized spacial score (nSPS) is 26.9. The summed E-state index contributed by atoms with van der Waals surface area (Å²) in [5.41, 5.74) is 1.18. The average Bonchev–Trinajstić information content (AvgIpc) is 3.11. The van der Waals surface area contributed by atoms with Gasteiger partial charge < -0.3 is 10.6 Å². The second kappa shape index (κ2) is 8.86. The molecular formula is C20H26ClN3O3S2. The summed E-state index contributed by atoms with van der Waals surface area (Å²) in [6, 6.07) is 5.22. The lowest BCUT2D eigenvalue weighted by Gasteiger charge is -2.21. The van der Waals surface area contributed by atoms with Crippen LogP contribution in [0.1, 0.15) is 55.3 Å². The van der Waals surface area contributed by atoms with Crippen LogP contribution in [0, 0.1) is 0 Å². The van der Waals surface area contributed by atoms with Crippen molar-refractivity contribution in [2.75, 3.05) is 16.8 Å². The Bertz CT molecular complexity index is 912. The smallest absolute Gasteiger partial charge is 0.251 e. The molecule has 2 unspecified atom stereocenters. The molecule has 0 bridgehead atoms. The second-order valence-electron chi connectivity index (χ2n) is 8.07. The van der Waals surface area contributed by atoms with Crippen molar-refractivity contribution in [3.05, 3.63) is 28.8 Å². The number of hydrogen-bond donors (Lipinski definition) is 2. The molecule has 1 aromatic carbocycles. The van der Waals surface area contributed by atoms with Gasteiger partial charge in [-0.25, -0.2) is 8.42 Å². The van der Waals surface area contributed by atoms with Crippen LogP contribution in [0.2, 0.25) is 5.02 Å². The Kier molecular flexibility index (Phi) is 6.41. The van der Waals surface area contributed by atoms with Crippen LogP contribution < -0.4 is 10.6 Å². The first-order valence-electron chi connectivity index (χ1n) is 10.2. The number of hydrogen-bond acceptors (Lipinski definition) is 6. The summed E-state index contributed by atoms with van der Waals surface area (Å²) < 4.78 is 23.4. The number of nitrogens with zero attached hydrogens (tertiary/aromatic N) is 1. The molecule has 9 heteroatoms. The average molecular weight is 456 g/mol. The highest BCUT2D eigenvalue weighted by molar-refractivity contribution is 8.15. The zero-order valence-electron chi connectivity index (χ0n) is 16.2. The molecule has 2 N–H and O–H groups in total. The Labute approximate surface area is 181 Å². The van der Waals surface area contributed by atoms with E-state index in [9.17, 15) is 13.2 Å². The van der Waals surface area contributed by atoms with Crippen LogP contribution >= 0.6 is 23.4 Å². The Morgan fingerprint density at radius 3 is 2.55 bits per heavy atom. The fourth-order valence-electron chi connectivity index (χ4n) is 4.16. The summed E-state index contributed by atoms with van der Waals surface area (Å²) in [7, 11) is -2.98. The first-order valence-corrected chi connectivity index (χ1v) is 13.3. The summed E-state index contributed by atoms with van der Waals surface area (Å²) in [6.45, 7) is 0. The standard InChI is InChI=1S/C20H26ClN3O3S2/c21-15-9-8-13(19(25)22-14-6-4-2-1-3-5-7-14)10-16(15)23-20-24-17-11-29(26,27)12-18(17)28-20/h8-10,14,17-18H,1-7,11-12H2,(H,22,25)(H,23,24). The molecule has 1 aliphatic carbocycles. The number of fused-ring (bicyclic) bond motifs is 1. The van der Waals surface area contributed by atoms with E-state index in [4.69, 9.17) is 11.6 Å². The minimum atomic E-state index is -2.98. The van der Waals surface area contributed by atoms with Crippen LogP contribution in [0.3, 0.4) is 0 Å². The first-order chi connectivity index (χ1) is 13.9. The Morgan fingerprint density at radius 2 is 1.83 bits per heavy atom. The van der Waals surface area contributed by atoms with Gasteiger partial charge in [0.1, 0.15) is 0 Å². The highest BCUT2D eigenvalue weighted by Gasteiger charge is 2.42.